The molecule has 0 N–H and O–H groups in total. The number of hydrogen-bond acceptors (Lipinski definition) is 2. The standard InChI is InChI=1S/C20H21F2NO2/c1-25-17-8-5-14(6-9-17)15-4-2-3-11-23(13-15)20(24)18-10-7-16(21)12-19(18)22/h5-10,12,15H,2-4,11,13H2,1H3. The first-order chi connectivity index (χ1) is 12.1. The molecule has 0 spiro atoms. The first-order valence-corrected chi connectivity index (χ1v) is 8.47. The fourth-order valence-electron chi connectivity index (χ4n) is 3.31. The van der Waals surface area contributed by atoms with E-state index in [4.69, 9.17) is 4.74 Å². The first-order valence-electron chi connectivity index (χ1n) is 8.47. The van der Waals surface area contributed by atoms with Crippen molar-refractivity contribution in [3.8, 4) is 5.75 Å². The monoisotopic (exact) mass is 345 g/mol. The number of hydrogen-bond donors (Lipinski definition) is 0. The lowest BCUT2D eigenvalue weighted by atomic mass is 9.94. The topological polar surface area (TPSA) is 29.5 Å². The number of carbonyl (C=O) groups is 1. The van der Waals surface area contributed by atoms with Crippen molar-refractivity contribution in [3.05, 3.63) is 65.2 Å². The van der Waals surface area contributed by atoms with Crippen molar-refractivity contribution in [2.24, 2.45) is 0 Å². The second-order valence-electron chi connectivity index (χ2n) is 6.34. The molecule has 25 heavy (non-hydrogen) atoms. The summed E-state index contributed by atoms with van der Waals surface area (Å²) in [6.45, 7) is 1.12. The molecule has 1 aliphatic heterocycles. The molecule has 1 atom stereocenters. The number of benzene rings is 2. The summed E-state index contributed by atoms with van der Waals surface area (Å²) in [5, 5.41) is 0. The van der Waals surface area contributed by atoms with Crippen LogP contribution in [0.1, 0.15) is 41.1 Å². The maximum absolute atomic E-state index is 14.0. The van der Waals surface area contributed by atoms with Crippen molar-refractivity contribution in [2.45, 2.75) is 25.2 Å². The second kappa shape index (κ2) is 7.64. The van der Waals surface area contributed by atoms with E-state index in [-0.39, 0.29) is 17.4 Å². The van der Waals surface area contributed by atoms with Crippen LogP contribution in [0.3, 0.4) is 0 Å². The Labute approximate surface area is 146 Å². The number of methoxy groups -OCH3 is 1. The number of nitrogens with zero attached hydrogens (tertiary/aromatic N) is 1. The number of amides is 1. The van der Waals surface area contributed by atoms with Gasteiger partial charge in [-0.3, -0.25) is 4.79 Å². The zero-order chi connectivity index (χ0) is 17.8. The highest BCUT2D eigenvalue weighted by atomic mass is 19.1. The van der Waals surface area contributed by atoms with E-state index in [2.05, 4.69) is 0 Å². The zero-order valence-electron chi connectivity index (χ0n) is 14.2. The van der Waals surface area contributed by atoms with Crippen LogP contribution >= 0.6 is 0 Å². The summed E-state index contributed by atoms with van der Waals surface area (Å²) < 4.78 is 32.2. The van der Waals surface area contributed by atoms with E-state index >= 15 is 0 Å². The molecule has 0 aliphatic carbocycles. The molecule has 1 fully saturated rings. The maximum Gasteiger partial charge on any atom is 0.256 e. The number of likely N-dealkylation sites (tertiary alicyclic amines) is 1. The van der Waals surface area contributed by atoms with Gasteiger partial charge in [0.2, 0.25) is 0 Å². The predicted octanol–water partition coefficient (Wildman–Crippen LogP) is 4.38. The molecule has 1 heterocycles. The van der Waals surface area contributed by atoms with Crippen molar-refractivity contribution in [1.82, 2.24) is 4.90 Å². The molecule has 1 amide bonds. The van der Waals surface area contributed by atoms with E-state index in [1.807, 2.05) is 24.3 Å². The Morgan fingerprint density at radius 1 is 1.12 bits per heavy atom. The van der Waals surface area contributed by atoms with Crippen LogP contribution in [-0.4, -0.2) is 31.0 Å². The summed E-state index contributed by atoms with van der Waals surface area (Å²) in [5.41, 5.74) is 1.07. The third-order valence-electron chi connectivity index (χ3n) is 4.71. The second-order valence-corrected chi connectivity index (χ2v) is 6.34. The summed E-state index contributed by atoms with van der Waals surface area (Å²) in [7, 11) is 1.62. The first kappa shape index (κ1) is 17.4. The van der Waals surface area contributed by atoms with Crippen LogP contribution in [0.2, 0.25) is 0 Å². The van der Waals surface area contributed by atoms with E-state index < -0.39 is 11.6 Å². The molecule has 0 aromatic heterocycles. The summed E-state index contributed by atoms with van der Waals surface area (Å²) in [6, 6.07) is 10.9. The van der Waals surface area contributed by atoms with E-state index in [1.165, 1.54) is 6.07 Å². The normalized spacial score (nSPS) is 17.9. The smallest absolute Gasteiger partial charge is 0.256 e. The Bertz CT molecular complexity index is 746. The van der Waals surface area contributed by atoms with Crippen molar-refractivity contribution in [2.75, 3.05) is 20.2 Å². The van der Waals surface area contributed by atoms with E-state index in [0.717, 1.165) is 42.7 Å². The Balaban J connectivity index is 1.80. The minimum Gasteiger partial charge on any atom is -0.497 e. The van der Waals surface area contributed by atoms with Crippen LogP contribution in [0, 0.1) is 11.6 Å². The molecule has 0 radical (unpaired) electrons. The lowest BCUT2D eigenvalue weighted by Gasteiger charge is -2.25. The highest BCUT2D eigenvalue weighted by molar-refractivity contribution is 5.94. The molecule has 5 heteroatoms. The summed E-state index contributed by atoms with van der Waals surface area (Å²) >= 11 is 0. The van der Waals surface area contributed by atoms with Gasteiger partial charge in [0, 0.05) is 25.1 Å². The minimum absolute atomic E-state index is 0.0724. The lowest BCUT2D eigenvalue weighted by Crippen LogP contribution is -2.34. The van der Waals surface area contributed by atoms with Crippen LogP contribution in [0.4, 0.5) is 8.78 Å². The summed E-state index contributed by atoms with van der Waals surface area (Å²) in [6.07, 6.45) is 2.86. The van der Waals surface area contributed by atoms with Gasteiger partial charge in [-0.15, -0.1) is 0 Å². The number of ether oxygens (including phenoxy) is 1. The van der Waals surface area contributed by atoms with E-state index in [9.17, 15) is 13.6 Å². The van der Waals surface area contributed by atoms with Gasteiger partial charge < -0.3 is 9.64 Å². The molecule has 2 aromatic carbocycles. The van der Waals surface area contributed by atoms with Gasteiger partial charge >= 0.3 is 0 Å². The van der Waals surface area contributed by atoms with Gasteiger partial charge in [-0.2, -0.15) is 0 Å². The van der Waals surface area contributed by atoms with Gasteiger partial charge in [0.1, 0.15) is 17.4 Å². The molecule has 0 saturated carbocycles. The van der Waals surface area contributed by atoms with Gasteiger partial charge in [-0.05, 0) is 42.7 Å². The molecule has 3 nitrogen and oxygen atoms in total. The van der Waals surface area contributed by atoms with Crippen LogP contribution in [0.15, 0.2) is 42.5 Å². The SMILES string of the molecule is COc1ccc(C2CCCCN(C(=O)c3ccc(F)cc3F)C2)cc1. The van der Waals surface area contributed by atoms with Gasteiger partial charge in [-0.1, -0.05) is 18.6 Å². The Morgan fingerprint density at radius 3 is 2.56 bits per heavy atom. The molecule has 132 valence electrons. The molecule has 1 saturated heterocycles. The van der Waals surface area contributed by atoms with Gasteiger partial charge in [-0.25, -0.2) is 8.78 Å². The molecule has 3 rings (SSSR count). The molecule has 2 aromatic rings. The number of carbonyl (C=O) groups excluding carboxylic acids is 1. The fourth-order valence-corrected chi connectivity index (χ4v) is 3.31. The lowest BCUT2D eigenvalue weighted by molar-refractivity contribution is 0.0749. The Kier molecular flexibility index (Phi) is 5.31. The average Bonchev–Trinajstić information content (AvgIpc) is 2.87. The van der Waals surface area contributed by atoms with Crippen LogP contribution in [0.25, 0.3) is 0 Å². The predicted molar refractivity (Wildman–Crippen MR) is 91.8 cm³/mol. The number of rotatable bonds is 3. The van der Waals surface area contributed by atoms with Crippen molar-refractivity contribution < 1.29 is 18.3 Å². The van der Waals surface area contributed by atoms with Crippen LogP contribution < -0.4 is 4.74 Å². The van der Waals surface area contributed by atoms with Crippen LogP contribution in [-0.2, 0) is 0 Å². The zero-order valence-corrected chi connectivity index (χ0v) is 14.2. The highest BCUT2D eigenvalue weighted by Crippen LogP contribution is 2.29. The Hall–Kier alpha value is -2.43. The summed E-state index contributed by atoms with van der Waals surface area (Å²) in [5.74, 6) is -0.881. The molecular formula is C20H21F2NO2. The third kappa shape index (κ3) is 3.98. The van der Waals surface area contributed by atoms with Gasteiger partial charge in [0.25, 0.3) is 5.91 Å². The quantitative estimate of drug-likeness (QED) is 0.826. The van der Waals surface area contributed by atoms with Crippen LogP contribution in [0.5, 0.6) is 5.75 Å². The van der Waals surface area contributed by atoms with Crippen molar-refractivity contribution in [3.63, 3.8) is 0 Å². The average molecular weight is 345 g/mol. The van der Waals surface area contributed by atoms with E-state index in [0.29, 0.717) is 13.1 Å². The number of halogens is 2. The van der Waals surface area contributed by atoms with E-state index in [1.54, 1.807) is 12.0 Å². The largest absolute Gasteiger partial charge is 0.497 e. The van der Waals surface area contributed by atoms with Crippen molar-refractivity contribution in [1.29, 1.82) is 0 Å². The third-order valence-corrected chi connectivity index (χ3v) is 4.71. The Morgan fingerprint density at radius 2 is 1.88 bits per heavy atom. The van der Waals surface area contributed by atoms with Crippen molar-refractivity contribution >= 4 is 5.91 Å². The fraction of sp³-hybridized carbons (Fsp3) is 0.350. The highest BCUT2D eigenvalue weighted by Gasteiger charge is 2.25. The molecule has 0 bridgehead atoms. The summed E-state index contributed by atoms with van der Waals surface area (Å²) in [4.78, 5) is 14.4. The maximum atomic E-state index is 14.0. The minimum atomic E-state index is -0.810. The molecule has 1 unspecified atom stereocenters. The molecular weight excluding hydrogens is 324 g/mol. The van der Waals surface area contributed by atoms with Gasteiger partial charge in [0.15, 0.2) is 0 Å². The molecule has 1 aliphatic rings. The van der Waals surface area contributed by atoms with Gasteiger partial charge in [0.05, 0.1) is 12.7 Å².